The minimum Gasteiger partial charge on any atom is -0.481 e. The molecule has 4 rings (SSSR count). The predicted molar refractivity (Wildman–Crippen MR) is 169 cm³/mol. The number of aromatic nitrogens is 2. The van der Waals surface area contributed by atoms with Gasteiger partial charge in [-0.15, -0.1) is 0 Å². The molecular formula is C34H40N4O6. The fourth-order valence-electron chi connectivity index (χ4n) is 5.91. The number of nitrogens with one attached hydrogen (secondary N) is 3. The smallest absolute Gasteiger partial charge is 0.303 e. The van der Waals surface area contributed by atoms with E-state index in [0.717, 1.165) is 57.3 Å². The molecule has 44 heavy (non-hydrogen) atoms. The summed E-state index contributed by atoms with van der Waals surface area (Å²) in [7, 11) is 0. The second-order valence-corrected chi connectivity index (χ2v) is 11.4. The number of carbonyl (C=O) groups excluding carboxylic acids is 2. The van der Waals surface area contributed by atoms with Crippen molar-refractivity contribution in [3.05, 3.63) is 72.8 Å². The average molecular weight is 601 g/mol. The van der Waals surface area contributed by atoms with Crippen molar-refractivity contribution in [2.75, 3.05) is 0 Å². The van der Waals surface area contributed by atoms with E-state index in [1.54, 1.807) is 6.92 Å². The van der Waals surface area contributed by atoms with Gasteiger partial charge >= 0.3 is 11.9 Å². The van der Waals surface area contributed by atoms with E-state index >= 15 is 0 Å². The van der Waals surface area contributed by atoms with Crippen molar-refractivity contribution in [3.63, 3.8) is 0 Å². The summed E-state index contributed by atoms with van der Waals surface area (Å²) in [6, 6.07) is 0. The molecule has 232 valence electrons. The van der Waals surface area contributed by atoms with Gasteiger partial charge in [0.1, 0.15) is 0 Å². The molecule has 10 nitrogen and oxygen atoms in total. The van der Waals surface area contributed by atoms with Crippen molar-refractivity contribution >= 4 is 47.7 Å². The van der Waals surface area contributed by atoms with Crippen LogP contribution in [0.3, 0.4) is 0 Å². The molecule has 2 aliphatic heterocycles. The van der Waals surface area contributed by atoms with Gasteiger partial charge in [-0.2, -0.15) is 0 Å². The molecule has 0 aliphatic carbocycles. The quantitative estimate of drug-likeness (QED) is 0.264. The SMILES string of the molecule is C/C=C1/C(=C\c2[nH]c(/C=c3\[nH]/c(=C/C4=NC(=O)C(C)=C4CCC)c(C)c3CCC(=O)O)c(CCC(=O)O)c2C)NC(=O)[C@@H]1C. The average Bonchev–Trinajstić information content (AvgIpc) is 3.60. The van der Waals surface area contributed by atoms with E-state index in [2.05, 4.69) is 20.3 Å². The van der Waals surface area contributed by atoms with E-state index < -0.39 is 11.9 Å². The predicted octanol–water partition coefficient (Wildman–Crippen LogP) is 3.75. The van der Waals surface area contributed by atoms with Gasteiger partial charge in [0, 0.05) is 46.2 Å². The number of aliphatic imine (C=N–C) groups is 1. The molecule has 1 saturated heterocycles. The highest BCUT2D eigenvalue weighted by atomic mass is 16.4. The molecule has 0 spiro atoms. The van der Waals surface area contributed by atoms with Crippen molar-refractivity contribution in [1.82, 2.24) is 15.3 Å². The molecule has 4 heterocycles. The van der Waals surface area contributed by atoms with Crippen molar-refractivity contribution in [2.24, 2.45) is 10.9 Å². The van der Waals surface area contributed by atoms with Gasteiger partial charge in [0.05, 0.1) is 11.6 Å². The molecule has 2 amide bonds. The zero-order valence-corrected chi connectivity index (χ0v) is 26.1. The summed E-state index contributed by atoms with van der Waals surface area (Å²) in [6.45, 7) is 11.4. The van der Waals surface area contributed by atoms with Crippen LogP contribution in [0.25, 0.3) is 18.2 Å². The van der Waals surface area contributed by atoms with Crippen LogP contribution in [-0.2, 0) is 32.0 Å². The normalized spacial score (nSPS) is 19.6. The van der Waals surface area contributed by atoms with Gasteiger partial charge < -0.3 is 25.5 Å². The lowest BCUT2D eigenvalue weighted by Crippen LogP contribution is -2.16. The van der Waals surface area contributed by atoms with Crippen LogP contribution in [0.2, 0.25) is 0 Å². The van der Waals surface area contributed by atoms with Crippen molar-refractivity contribution < 1.29 is 29.4 Å². The number of rotatable bonds is 11. The molecule has 1 atom stereocenters. The highest BCUT2D eigenvalue weighted by molar-refractivity contribution is 6.30. The minimum absolute atomic E-state index is 0.0716. The maximum absolute atomic E-state index is 12.4. The van der Waals surface area contributed by atoms with Crippen molar-refractivity contribution in [1.29, 1.82) is 0 Å². The van der Waals surface area contributed by atoms with Crippen molar-refractivity contribution in [3.8, 4) is 0 Å². The number of H-pyrrole nitrogens is 2. The number of amides is 2. The Kier molecular flexibility index (Phi) is 9.71. The Balaban J connectivity index is 1.91. The third-order valence-electron chi connectivity index (χ3n) is 8.48. The molecule has 0 unspecified atom stereocenters. The molecule has 0 bridgehead atoms. The Hall–Kier alpha value is -4.73. The standard InChI is InChI=1S/C34H40N4O6/c1-7-9-22-20(6)34(44)38-30(22)15-26-18(4)24(11-13-32(41)42)29(36-26)16-28-23(10-12-31(39)40)17(3)25(35-28)14-27-21(8-2)19(5)33(43)37-27/h8,14-16,19,35-36H,7,9-13H2,1-6H3,(H,37,43)(H,39,40)(H,41,42)/b21-8+,26-15+,27-14+,29-16-/t19-/m1/s1. The first-order valence-electron chi connectivity index (χ1n) is 14.9. The zero-order chi connectivity index (χ0) is 32.3. The van der Waals surface area contributed by atoms with Gasteiger partial charge in [-0.25, -0.2) is 4.99 Å². The zero-order valence-electron chi connectivity index (χ0n) is 26.1. The Morgan fingerprint density at radius 1 is 0.864 bits per heavy atom. The highest BCUT2D eigenvalue weighted by Crippen LogP contribution is 2.29. The van der Waals surface area contributed by atoms with E-state index in [9.17, 15) is 29.4 Å². The molecule has 0 radical (unpaired) electrons. The first-order valence-corrected chi connectivity index (χ1v) is 14.9. The summed E-state index contributed by atoms with van der Waals surface area (Å²) >= 11 is 0. The molecule has 2 aromatic rings. The number of nitrogens with zero attached hydrogens (tertiary/aromatic N) is 1. The number of carbonyl (C=O) groups is 4. The molecular weight excluding hydrogens is 560 g/mol. The minimum atomic E-state index is -0.920. The first-order chi connectivity index (χ1) is 20.9. The van der Waals surface area contributed by atoms with Gasteiger partial charge in [0.2, 0.25) is 5.91 Å². The lowest BCUT2D eigenvalue weighted by atomic mass is 10.00. The Labute approximate surface area is 256 Å². The lowest BCUT2D eigenvalue weighted by Gasteiger charge is -2.03. The summed E-state index contributed by atoms with van der Waals surface area (Å²) in [6.07, 6.45) is 9.50. The van der Waals surface area contributed by atoms with Crippen LogP contribution in [0, 0.1) is 19.8 Å². The van der Waals surface area contributed by atoms with Crippen LogP contribution in [0.4, 0.5) is 0 Å². The number of hydrogen-bond donors (Lipinski definition) is 5. The van der Waals surface area contributed by atoms with Gasteiger partial charge in [0.25, 0.3) is 5.91 Å². The van der Waals surface area contributed by atoms with Crippen LogP contribution in [0.1, 0.15) is 87.0 Å². The fourth-order valence-corrected chi connectivity index (χ4v) is 5.91. The first kappa shape index (κ1) is 32.2. The maximum Gasteiger partial charge on any atom is 0.303 e. The van der Waals surface area contributed by atoms with Crippen LogP contribution in [0.5, 0.6) is 0 Å². The fraction of sp³-hybridized carbons (Fsp3) is 0.382. The summed E-state index contributed by atoms with van der Waals surface area (Å²) in [5.41, 5.74) is 8.51. The van der Waals surface area contributed by atoms with E-state index in [4.69, 9.17) is 0 Å². The number of aliphatic carboxylic acids is 2. The Bertz CT molecular complexity index is 1790. The number of aromatic amines is 2. The number of carboxylic acid groups (broad SMARTS) is 2. The topological polar surface area (TPSA) is 165 Å². The molecule has 1 fully saturated rings. The molecule has 10 heteroatoms. The lowest BCUT2D eigenvalue weighted by molar-refractivity contribution is -0.138. The van der Waals surface area contributed by atoms with Gasteiger partial charge in [-0.3, -0.25) is 19.2 Å². The summed E-state index contributed by atoms with van der Waals surface area (Å²) in [5, 5.41) is 23.3. The van der Waals surface area contributed by atoms with E-state index in [1.165, 1.54) is 0 Å². The second-order valence-electron chi connectivity index (χ2n) is 11.4. The van der Waals surface area contributed by atoms with Gasteiger partial charge in [-0.1, -0.05) is 19.4 Å². The Morgan fingerprint density at radius 2 is 1.52 bits per heavy atom. The molecule has 0 saturated carbocycles. The molecule has 2 aliphatic rings. The number of carboxylic acids is 2. The van der Waals surface area contributed by atoms with E-state index in [-0.39, 0.29) is 43.4 Å². The van der Waals surface area contributed by atoms with Crippen LogP contribution in [-0.4, -0.2) is 49.6 Å². The third kappa shape index (κ3) is 6.59. The Morgan fingerprint density at radius 3 is 2.14 bits per heavy atom. The van der Waals surface area contributed by atoms with E-state index in [0.29, 0.717) is 28.0 Å². The van der Waals surface area contributed by atoms with Crippen LogP contribution in [0.15, 0.2) is 33.5 Å². The largest absolute Gasteiger partial charge is 0.481 e. The van der Waals surface area contributed by atoms with Gasteiger partial charge in [-0.05, 0) is 106 Å². The monoisotopic (exact) mass is 600 g/mol. The molecule has 0 aromatic carbocycles. The number of allylic oxidation sites excluding steroid dienone is 3. The van der Waals surface area contributed by atoms with Crippen LogP contribution >= 0.6 is 0 Å². The van der Waals surface area contributed by atoms with Gasteiger partial charge in [0.15, 0.2) is 0 Å². The molecule has 5 N–H and O–H groups in total. The summed E-state index contributed by atoms with van der Waals surface area (Å²) in [5.74, 6) is -2.44. The highest BCUT2D eigenvalue weighted by Gasteiger charge is 2.29. The molecule has 2 aromatic heterocycles. The summed E-state index contributed by atoms with van der Waals surface area (Å²) in [4.78, 5) is 59.0. The number of hydrogen-bond acceptors (Lipinski definition) is 4. The summed E-state index contributed by atoms with van der Waals surface area (Å²) < 4.78 is 0. The second kappa shape index (κ2) is 13.3. The van der Waals surface area contributed by atoms with E-state index in [1.807, 2.05) is 58.9 Å². The maximum atomic E-state index is 12.4. The van der Waals surface area contributed by atoms with Crippen molar-refractivity contribution in [2.45, 2.75) is 80.1 Å². The third-order valence-corrected chi connectivity index (χ3v) is 8.48. The van der Waals surface area contributed by atoms with Crippen LogP contribution < -0.4 is 16.0 Å².